The summed E-state index contributed by atoms with van der Waals surface area (Å²) in [6, 6.07) is 7.33. The van der Waals surface area contributed by atoms with Crippen molar-refractivity contribution in [2.24, 2.45) is 12.2 Å². The number of nitrogens with two attached hydrogens (primary N) is 2. The summed E-state index contributed by atoms with van der Waals surface area (Å²) in [5.41, 5.74) is 6.66. The lowest BCUT2D eigenvalue weighted by Gasteiger charge is -2.15. The summed E-state index contributed by atoms with van der Waals surface area (Å²) in [6.45, 7) is 0. The Morgan fingerprint density at radius 2 is 1.93 bits per heavy atom. The molecule has 0 radical (unpaired) electrons. The van der Waals surface area contributed by atoms with Gasteiger partial charge in [0.15, 0.2) is 5.82 Å². The van der Waals surface area contributed by atoms with Gasteiger partial charge in [-0.2, -0.15) is 0 Å². The summed E-state index contributed by atoms with van der Waals surface area (Å²) < 4.78 is 40.2. The molecule has 3 rings (SSSR count). The minimum absolute atomic E-state index is 0.102. The predicted molar refractivity (Wildman–Crippen MR) is 110 cm³/mol. The monoisotopic (exact) mass is 522 g/mol. The van der Waals surface area contributed by atoms with Crippen molar-refractivity contribution in [3.63, 3.8) is 0 Å². The number of sulfonamides is 1. The Morgan fingerprint density at radius 1 is 1.22 bits per heavy atom. The zero-order valence-electron chi connectivity index (χ0n) is 13.7. The molecule has 12 heteroatoms. The first-order valence-electron chi connectivity index (χ1n) is 7.31. The van der Waals surface area contributed by atoms with E-state index in [0.717, 1.165) is 15.7 Å². The molecule has 0 atom stereocenters. The van der Waals surface area contributed by atoms with E-state index in [0.29, 0.717) is 10.7 Å². The molecule has 0 aliphatic carbocycles. The van der Waals surface area contributed by atoms with Crippen molar-refractivity contribution < 1.29 is 12.8 Å². The van der Waals surface area contributed by atoms with Gasteiger partial charge in [0.2, 0.25) is 16.0 Å². The zero-order chi connectivity index (χ0) is 19.9. The lowest BCUT2D eigenvalue weighted by molar-refractivity contribution is 0.568. The zero-order valence-corrected chi connectivity index (χ0v) is 17.5. The van der Waals surface area contributed by atoms with E-state index in [2.05, 4.69) is 38.1 Å². The molecule has 27 heavy (non-hydrogen) atoms. The van der Waals surface area contributed by atoms with E-state index in [1.54, 1.807) is 19.2 Å². The molecule has 8 nitrogen and oxygen atoms in total. The van der Waals surface area contributed by atoms with E-state index < -0.39 is 20.7 Å². The molecule has 0 bridgehead atoms. The smallest absolute Gasteiger partial charge is 0.240 e. The van der Waals surface area contributed by atoms with E-state index >= 15 is 0 Å². The van der Waals surface area contributed by atoms with E-state index in [1.165, 1.54) is 4.57 Å². The molecular formula is C15H13ClFIN6O2S. The second-order valence-corrected chi connectivity index (χ2v) is 8.75. The minimum atomic E-state index is -4.29. The van der Waals surface area contributed by atoms with Gasteiger partial charge >= 0.3 is 0 Å². The number of primary sulfonamides is 1. The van der Waals surface area contributed by atoms with Crippen molar-refractivity contribution in [3.05, 3.63) is 44.7 Å². The highest BCUT2D eigenvalue weighted by atomic mass is 127. The van der Waals surface area contributed by atoms with Crippen LogP contribution in [-0.2, 0) is 17.1 Å². The predicted octanol–water partition coefficient (Wildman–Crippen LogP) is 2.85. The van der Waals surface area contributed by atoms with Crippen LogP contribution < -0.4 is 16.2 Å². The Morgan fingerprint density at radius 3 is 2.48 bits per heavy atom. The highest BCUT2D eigenvalue weighted by Gasteiger charge is 2.22. The molecule has 3 aromatic rings. The molecule has 0 saturated carbocycles. The minimum Gasteiger partial charge on any atom is -0.368 e. The van der Waals surface area contributed by atoms with Crippen LogP contribution in [0.5, 0.6) is 0 Å². The summed E-state index contributed by atoms with van der Waals surface area (Å²) >= 11 is 8.33. The third kappa shape index (κ3) is 4.00. The maximum Gasteiger partial charge on any atom is 0.240 e. The van der Waals surface area contributed by atoms with Gasteiger partial charge in [-0.05, 0) is 52.9 Å². The van der Waals surface area contributed by atoms with Crippen LogP contribution >= 0.6 is 34.2 Å². The van der Waals surface area contributed by atoms with Crippen LogP contribution in [0.1, 0.15) is 0 Å². The summed E-state index contributed by atoms with van der Waals surface area (Å²) in [6.07, 6.45) is 0. The molecule has 0 aliphatic heterocycles. The third-order valence-corrected chi connectivity index (χ3v) is 5.64. The highest BCUT2D eigenvalue weighted by Crippen LogP contribution is 2.35. The molecule has 0 fully saturated rings. The number of hydrogen-bond donors (Lipinski definition) is 3. The first-order chi connectivity index (χ1) is 12.6. The van der Waals surface area contributed by atoms with Crippen molar-refractivity contribution in [1.29, 1.82) is 0 Å². The van der Waals surface area contributed by atoms with E-state index in [1.807, 2.05) is 6.07 Å². The van der Waals surface area contributed by atoms with Gasteiger partial charge in [0.05, 0.1) is 16.4 Å². The molecule has 0 spiro atoms. The molecule has 5 N–H and O–H groups in total. The number of nitrogens with one attached hydrogen (secondary N) is 1. The number of nitrogens with zero attached hydrogens (tertiary/aromatic N) is 3. The van der Waals surface area contributed by atoms with E-state index in [4.69, 9.17) is 22.5 Å². The fraction of sp³-hybridized carbons (Fsp3) is 0.0667. The van der Waals surface area contributed by atoms with Crippen LogP contribution in [0.4, 0.5) is 21.7 Å². The van der Waals surface area contributed by atoms with Crippen LogP contribution in [0.2, 0.25) is 5.02 Å². The standard InChI is InChI=1S/C15H13ClFIN6O2S/c1-24-14(22-23-15(24)19)8-5-13(27(20,25)26)10(17)6-12(8)21-11-3-2-7(18)4-9(11)16/h2-6,21H,1H3,(H2,19,23)(H2,20,25,26). The molecule has 142 valence electrons. The normalized spacial score (nSPS) is 11.6. The lowest BCUT2D eigenvalue weighted by atomic mass is 10.1. The summed E-state index contributed by atoms with van der Waals surface area (Å²) in [5.74, 6) is -0.688. The average molecular weight is 523 g/mol. The third-order valence-electron chi connectivity index (χ3n) is 3.73. The second-order valence-electron chi connectivity index (χ2n) is 5.56. The molecule has 2 aromatic carbocycles. The van der Waals surface area contributed by atoms with Crippen LogP contribution in [0.3, 0.4) is 0 Å². The van der Waals surface area contributed by atoms with Crippen molar-refractivity contribution in [2.75, 3.05) is 11.1 Å². The van der Waals surface area contributed by atoms with Crippen molar-refractivity contribution in [3.8, 4) is 11.4 Å². The number of benzene rings is 2. The first kappa shape index (κ1) is 19.8. The second kappa shape index (κ2) is 7.22. The number of nitrogen functional groups attached to an aromatic ring is 1. The molecule has 0 unspecified atom stereocenters. The van der Waals surface area contributed by atoms with Crippen molar-refractivity contribution in [1.82, 2.24) is 14.8 Å². The highest BCUT2D eigenvalue weighted by molar-refractivity contribution is 14.1. The van der Waals surface area contributed by atoms with Crippen molar-refractivity contribution in [2.45, 2.75) is 4.90 Å². The van der Waals surface area contributed by atoms with Gasteiger partial charge in [-0.1, -0.05) is 11.6 Å². The Kier molecular flexibility index (Phi) is 5.29. The molecule has 1 heterocycles. The van der Waals surface area contributed by atoms with Crippen LogP contribution in [0.25, 0.3) is 11.4 Å². The Balaban J connectivity index is 2.23. The lowest BCUT2D eigenvalue weighted by Crippen LogP contribution is -2.15. The Hall–Kier alpha value is -1.96. The Labute approximate surface area is 172 Å². The van der Waals surface area contributed by atoms with Gasteiger partial charge in [-0.15, -0.1) is 10.2 Å². The van der Waals surface area contributed by atoms with Crippen LogP contribution in [0, 0.1) is 9.39 Å². The van der Waals surface area contributed by atoms with Gasteiger partial charge in [0.25, 0.3) is 0 Å². The quantitative estimate of drug-likeness (QED) is 0.452. The summed E-state index contributed by atoms with van der Waals surface area (Å²) in [5, 5.41) is 16.2. The average Bonchev–Trinajstić information content (AvgIpc) is 2.89. The fourth-order valence-corrected chi connectivity index (χ4v) is 3.89. The topological polar surface area (TPSA) is 129 Å². The van der Waals surface area contributed by atoms with Crippen LogP contribution in [-0.4, -0.2) is 23.2 Å². The van der Waals surface area contributed by atoms with Gasteiger partial charge < -0.3 is 11.1 Å². The Bertz CT molecular complexity index is 1150. The van der Waals surface area contributed by atoms with Crippen molar-refractivity contribution >= 4 is 61.5 Å². The molecule has 1 aromatic heterocycles. The van der Waals surface area contributed by atoms with E-state index in [9.17, 15) is 12.8 Å². The largest absolute Gasteiger partial charge is 0.368 e. The molecule has 0 saturated heterocycles. The van der Waals surface area contributed by atoms with E-state index in [-0.39, 0.29) is 23.0 Å². The summed E-state index contributed by atoms with van der Waals surface area (Å²) in [7, 11) is -2.70. The molecular weight excluding hydrogens is 510 g/mol. The van der Waals surface area contributed by atoms with Gasteiger partial charge in [-0.3, -0.25) is 4.57 Å². The van der Waals surface area contributed by atoms with Gasteiger partial charge in [0.1, 0.15) is 10.7 Å². The van der Waals surface area contributed by atoms with Gasteiger partial charge in [-0.25, -0.2) is 17.9 Å². The first-order valence-corrected chi connectivity index (χ1v) is 10.3. The molecule has 0 aliphatic rings. The van der Waals surface area contributed by atoms with Crippen LogP contribution in [0.15, 0.2) is 35.2 Å². The van der Waals surface area contributed by atoms with Gasteiger partial charge in [0, 0.05) is 16.2 Å². The summed E-state index contributed by atoms with van der Waals surface area (Å²) in [4.78, 5) is -0.668. The maximum atomic E-state index is 14.4. The number of hydrogen-bond acceptors (Lipinski definition) is 6. The SMILES string of the molecule is Cn1c(N)nnc1-c1cc(S(N)(=O)=O)c(F)cc1Nc1ccc(I)cc1Cl. The molecule has 0 amide bonds. The maximum absolute atomic E-state index is 14.4. The fourth-order valence-electron chi connectivity index (χ4n) is 2.37. The number of halogens is 3. The number of anilines is 3. The number of aromatic nitrogens is 3. The number of rotatable bonds is 4.